The van der Waals surface area contributed by atoms with Crippen LogP contribution in [-0.2, 0) is 0 Å². The minimum Gasteiger partial charge on any atom is -0.356 e. The Kier molecular flexibility index (Phi) is 1.93. The summed E-state index contributed by atoms with van der Waals surface area (Å²) in [6.45, 7) is 1.95. The molecule has 0 spiro atoms. The fourth-order valence-electron chi connectivity index (χ4n) is 0.645. The molecule has 1 heterocycles. The van der Waals surface area contributed by atoms with Crippen molar-refractivity contribution in [3.63, 3.8) is 0 Å². The lowest BCUT2D eigenvalue weighted by molar-refractivity contribution is 0.820. The lowest BCUT2D eigenvalue weighted by Gasteiger charge is -1.96. The van der Waals surface area contributed by atoms with Gasteiger partial charge in [-0.05, 0) is 34.5 Å². The third kappa shape index (κ3) is 1.56. The van der Waals surface area contributed by atoms with E-state index in [1.807, 2.05) is 19.2 Å². The first kappa shape index (κ1) is 6.83. The molecular formula is C6H9BrN2. The van der Waals surface area contributed by atoms with Crippen LogP contribution in [-0.4, -0.2) is 4.98 Å². The van der Waals surface area contributed by atoms with E-state index < -0.39 is 0 Å². The zero-order valence-electron chi connectivity index (χ0n) is 5.19. The van der Waals surface area contributed by atoms with Crippen LogP contribution in [0.1, 0.15) is 18.5 Å². The number of nitrogens with one attached hydrogen (secondary N) is 1. The molecule has 3 heteroatoms. The summed E-state index contributed by atoms with van der Waals surface area (Å²) in [7, 11) is 0. The molecule has 1 rings (SSSR count). The van der Waals surface area contributed by atoms with Gasteiger partial charge in [-0.15, -0.1) is 0 Å². The smallest absolute Gasteiger partial charge is 0.0823 e. The van der Waals surface area contributed by atoms with Crippen molar-refractivity contribution in [2.75, 3.05) is 0 Å². The van der Waals surface area contributed by atoms with Crippen molar-refractivity contribution in [1.29, 1.82) is 0 Å². The van der Waals surface area contributed by atoms with E-state index in [0.717, 1.165) is 10.2 Å². The van der Waals surface area contributed by atoms with Gasteiger partial charge in [0.2, 0.25) is 0 Å². The molecule has 3 N–H and O–H groups in total. The highest BCUT2D eigenvalue weighted by Crippen LogP contribution is 2.14. The SMILES string of the molecule is C[C@H](N)c1c[nH]c(Br)c1. The average molecular weight is 189 g/mol. The molecule has 1 aromatic rings. The topological polar surface area (TPSA) is 41.8 Å². The Morgan fingerprint density at radius 3 is 2.67 bits per heavy atom. The second-order valence-electron chi connectivity index (χ2n) is 2.07. The molecule has 50 valence electrons. The Morgan fingerprint density at radius 2 is 2.44 bits per heavy atom. The highest BCUT2D eigenvalue weighted by atomic mass is 79.9. The summed E-state index contributed by atoms with van der Waals surface area (Å²) in [6.07, 6.45) is 1.90. The molecule has 9 heavy (non-hydrogen) atoms. The number of halogens is 1. The Balaban J connectivity index is 2.85. The lowest BCUT2D eigenvalue weighted by atomic mass is 10.2. The van der Waals surface area contributed by atoms with Crippen molar-refractivity contribution >= 4 is 15.9 Å². The van der Waals surface area contributed by atoms with Crippen molar-refractivity contribution < 1.29 is 0 Å². The van der Waals surface area contributed by atoms with Gasteiger partial charge >= 0.3 is 0 Å². The molecule has 0 fully saturated rings. The van der Waals surface area contributed by atoms with E-state index in [2.05, 4.69) is 20.9 Å². The molecule has 0 radical (unpaired) electrons. The van der Waals surface area contributed by atoms with Crippen molar-refractivity contribution in [1.82, 2.24) is 4.98 Å². The fraction of sp³-hybridized carbons (Fsp3) is 0.333. The zero-order valence-corrected chi connectivity index (χ0v) is 6.77. The Labute approximate surface area is 62.6 Å². The highest BCUT2D eigenvalue weighted by Gasteiger charge is 1.99. The van der Waals surface area contributed by atoms with E-state index in [4.69, 9.17) is 5.73 Å². The minimum atomic E-state index is 0.118. The number of rotatable bonds is 1. The second kappa shape index (κ2) is 2.54. The van der Waals surface area contributed by atoms with Crippen LogP contribution in [0.3, 0.4) is 0 Å². The van der Waals surface area contributed by atoms with Crippen molar-refractivity contribution in [2.24, 2.45) is 5.73 Å². The van der Waals surface area contributed by atoms with Gasteiger partial charge in [-0.2, -0.15) is 0 Å². The minimum absolute atomic E-state index is 0.118. The normalized spacial score (nSPS) is 13.7. The van der Waals surface area contributed by atoms with Crippen LogP contribution >= 0.6 is 15.9 Å². The summed E-state index contributed by atoms with van der Waals surface area (Å²) in [5.74, 6) is 0. The largest absolute Gasteiger partial charge is 0.356 e. The molecular weight excluding hydrogens is 180 g/mol. The summed E-state index contributed by atoms with van der Waals surface area (Å²) in [5, 5.41) is 0. The summed E-state index contributed by atoms with van der Waals surface area (Å²) in [4.78, 5) is 2.99. The van der Waals surface area contributed by atoms with Crippen LogP contribution < -0.4 is 5.73 Å². The Hall–Kier alpha value is -0.280. The second-order valence-corrected chi connectivity index (χ2v) is 2.92. The maximum atomic E-state index is 5.59. The quantitative estimate of drug-likeness (QED) is 0.694. The first-order valence-electron chi connectivity index (χ1n) is 2.79. The predicted molar refractivity (Wildman–Crippen MR) is 41.1 cm³/mol. The third-order valence-electron chi connectivity index (χ3n) is 1.20. The number of hydrogen-bond donors (Lipinski definition) is 2. The Morgan fingerprint density at radius 1 is 1.78 bits per heavy atom. The van der Waals surface area contributed by atoms with Crippen LogP contribution in [0.5, 0.6) is 0 Å². The third-order valence-corrected chi connectivity index (χ3v) is 1.65. The molecule has 1 atom stereocenters. The van der Waals surface area contributed by atoms with Crippen LogP contribution in [0.25, 0.3) is 0 Å². The van der Waals surface area contributed by atoms with E-state index in [9.17, 15) is 0 Å². The van der Waals surface area contributed by atoms with Crippen LogP contribution in [0.4, 0.5) is 0 Å². The predicted octanol–water partition coefficient (Wildman–Crippen LogP) is 1.80. The number of H-pyrrole nitrogens is 1. The van der Waals surface area contributed by atoms with Crippen molar-refractivity contribution in [3.8, 4) is 0 Å². The van der Waals surface area contributed by atoms with Gasteiger partial charge in [-0.1, -0.05) is 0 Å². The number of aromatic nitrogens is 1. The van der Waals surface area contributed by atoms with E-state index in [0.29, 0.717) is 0 Å². The molecule has 0 aliphatic carbocycles. The van der Waals surface area contributed by atoms with E-state index in [-0.39, 0.29) is 6.04 Å². The van der Waals surface area contributed by atoms with E-state index >= 15 is 0 Å². The van der Waals surface area contributed by atoms with E-state index in [1.54, 1.807) is 0 Å². The van der Waals surface area contributed by atoms with Gasteiger partial charge in [-0.3, -0.25) is 0 Å². The first-order chi connectivity index (χ1) is 4.20. The van der Waals surface area contributed by atoms with E-state index in [1.165, 1.54) is 0 Å². The summed E-state index contributed by atoms with van der Waals surface area (Å²) < 4.78 is 0.981. The highest BCUT2D eigenvalue weighted by molar-refractivity contribution is 9.10. The van der Waals surface area contributed by atoms with Crippen LogP contribution in [0.2, 0.25) is 0 Å². The molecule has 0 aliphatic heterocycles. The first-order valence-corrected chi connectivity index (χ1v) is 3.59. The average Bonchev–Trinajstić information content (AvgIpc) is 2.14. The van der Waals surface area contributed by atoms with Gasteiger partial charge in [-0.25, -0.2) is 0 Å². The van der Waals surface area contributed by atoms with Gasteiger partial charge in [0.1, 0.15) is 0 Å². The molecule has 0 unspecified atom stereocenters. The molecule has 0 aromatic carbocycles. The van der Waals surface area contributed by atoms with Gasteiger partial charge in [0.05, 0.1) is 4.60 Å². The zero-order chi connectivity index (χ0) is 6.85. The monoisotopic (exact) mass is 188 g/mol. The molecule has 0 amide bonds. The number of nitrogens with two attached hydrogens (primary N) is 1. The maximum Gasteiger partial charge on any atom is 0.0823 e. The van der Waals surface area contributed by atoms with Crippen LogP contribution in [0, 0.1) is 0 Å². The summed E-state index contributed by atoms with van der Waals surface area (Å²) in [6, 6.07) is 2.09. The van der Waals surface area contributed by atoms with Crippen molar-refractivity contribution in [3.05, 3.63) is 22.4 Å². The molecule has 0 saturated carbocycles. The van der Waals surface area contributed by atoms with Gasteiger partial charge < -0.3 is 10.7 Å². The summed E-state index contributed by atoms with van der Waals surface area (Å²) in [5.41, 5.74) is 6.71. The van der Waals surface area contributed by atoms with Crippen molar-refractivity contribution in [2.45, 2.75) is 13.0 Å². The maximum absolute atomic E-state index is 5.59. The Bertz CT molecular complexity index is 193. The van der Waals surface area contributed by atoms with Gasteiger partial charge in [0, 0.05) is 12.2 Å². The standard InChI is InChI=1S/C6H9BrN2/c1-4(8)5-2-6(7)9-3-5/h2-4,9H,8H2,1H3/t4-/m0/s1. The molecule has 0 aliphatic rings. The molecule has 1 aromatic heterocycles. The van der Waals surface area contributed by atoms with Crippen LogP contribution in [0.15, 0.2) is 16.9 Å². The molecule has 2 nitrogen and oxygen atoms in total. The molecule has 0 bridgehead atoms. The number of aromatic amines is 1. The number of hydrogen-bond acceptors (Lipinski definition) is 1. The summed E-state index contributed by atoms with van der Waals surface area (Å²) >= 11 is 3.29. The molecule has 0 saturated heterocycles. The fourth-order valence-corrected chi connectivity index (χ4v) is 1.02. The van der Waals surface area contributed by atoms with Gasteiger partial charge in [0.25, 0.3) is 0 Å². The lowest BCUT2D eigenvalue weighted by Crippen LogP contribution is -2.02. The van der Waals surface area contributed by atoms with Gasteiger partial charge in [0.15, 0.2) is 0 Å².